The van der Waals surface area contributed by atoms with Gasteiger partial charge in [0.25, 0.3) is 0 Å². The quantitative estimate of drug-likeness (QED) is 0.0240. The second-order valence-corrected chi connectivity index (χ2v) is 14.8. The summed E-state index contributed by atoms with van der Waals surface area (Å²) in [4.78, 5) is 35.0. The predicted molar refractivity (Wildman–Crippen MR) is 180 cm³/mol. The first-order chi connectivity index (χ1) is 21.4. The molecular formula is C34H69NO9P+. The average molecular weight is 667 g/mol. The molecule has 0 rings (SSSR count). The molecule has 0 fully saturated rings. The molecule has 0 aromatic heterocycles. The van der Waals surface area contributed by atoms with E-state index in [-0.39, 0.29) is 19.4 Å². The highest BCUT2D eigenvalue weighted by Crippen LogP contribution is 2.44. The van der Waals surface area contributed by atoms with E-state index < -0.39 is 38.8 Å². The number of nitrogens with zero attached hydrogens (tertiary/aromatic N) is 1. The number of rotatable bonds is 32. The van der Waals surface area contributed by atoms with Gasteiger partial charge in [-0.15, -0.1) is 0 Å². The minimum atomic E-state index is -4.66. The molecule has 268 valence electrons. The van der Waals surface area contributed by atoms with E-state index in [1.165, 1.54) is 77.0 Å². The molecule has 0 aromatic carbocycles. The van der Waals surface area contributed by atoms with Crippen LogP contribution in [-0.4, -0.2) is 79.7 Å². The highest BCUT2D eigenvalue weighted by molar-refractivity contribution is 7.47. The SMILES string of the molecule is CCCCCCCCCCCCCC(=O)OC[C@@H](OC(=O)CCCCCCCCCCC)[C@H](O)OP(=O)(O)OCC[N+](C)(C)C. The van der Waals surface area contributed by atoms with Crippen molar-refractivity contribution < 1.29 is 47.2 Å². The van der Waals surface area contributed by atoms with Crippen LogP contribution in [0.25, 0.3) is 0 Å². The molecule has 0 aromatic rings. The molecule has 1 unspecified atom stereocenters. The summed E-state index contributed by atoms with van der Waals surface area (Å²) >= 11 is 0. The minimum absolute atomic E-state index is 0.0823. The Morgan fingerprint density at radius 2 is 1.07 bits per heavy atom. The number of aliphatic hydroxyl groups excluding tert-OH is 1. The summed E-state index contributed by atoms with van der Waals surface area (Å²) in [5, 5.41) is 10.6. The highest BCUT2D eigenvalue weighted by atomic mass is 31.2. The zero-order chi connectivity index (χ0) is 33.8. The molecule has 0 amide bonds. The third-order valence-electron chi connectivity index (χ3n) is 7.74. The van der Waals surface area contributed by atoms with Crippen molar-refractivity contribution in [3.63, 3.8) is 0 Å². The molecule has 0 spiro atoms. The van der Waals surface area contributed by atoms with Crippen molar-refractivity contribution in [1.29, 1.82) is 0 Å². The van der Waals surface area contributed by atoms with Crippen molar-refractivity contribution in [3.8, 4) is 0 Å². The fraction of sp³-hybridized carbons (Fsp3) is 0.941. The van der Waals surface area contributed by atoms with Crippen LogP contribution in [0, 0.1) is 0 Å². The van der Waals surface area contributed by atoms with Crippen molar-refractivity contribution in [1.82, 2.24) is 0 Å². The molecule has 0 aliphatic heterocycles. The fourth-order valence-corrected chi connectivity index (χ4v) is 5.61. The van der Waals surface area contributed by atoms with Crippen LogP contribution in [0.4, 0.5) is 0 Å². The van der Waals surface area contributed by atoms with Crippen LogP contribution in [0.1, 0.15) is 155 Å². The van der Waals surface area contributed by atoms with Gasteiger partial charge in [0.2, 0.25) is 6.29 Å². The molecule has 3 atom stereocenters. The van der Waals surface area contributed by atoms with Gasteiger partial charge in [0, 0.05) is 12.8 Å². The molecule has 0 saturated carbocycles. The summed E-state index contributed by atoms with van der Waals surface area (Å²) < 4.78 is 33.4. The number of likely N-dealkylation sites (N-methyl/N-ethyl adjacent to an activating group) is 1. The van der Waals surface area contributed by atoms with Gasteiger partial charge < -0.3 is 24.0 Å². The number of hydrogen-bond acceptors (Lipinski definition) is 8. The lowest BCUT2D eigenvalue weighted by molar-refractivity contribution is -0.870. The Balaban J connectivity index is 4.62. The molecule has 0 bridgehead atoms. The van der Waals surface area contributed by atoms with E-state index in [0.29, 0.717) is 23.9 Å². The zero-order valence-corrected chi connectivity index (χ0v) is 30.4. The topological polar surface area (TPSA) is 129 Å². The van der Waals surface area contributed by atoms with Crippen molar-refractivity contribution >= 4 is 19.8 Å². The Hall–Kier alpha value is -1.03. The van der Waals surface area contributed by atoms with E-state index in [4.69, 9.17) is 18.5 Å². The second-order valence-electron chi connectivity index (χ2n) is 13.4. The van der Waals surface area contributed by atoms with Crippen LogP contribution >= 0.6 is 7.82 Å². The van der Waals surface area contributed by atoms with Gasteiger partial charge in [-0.3, -0.25) is 18.6 Å². The Kier molecular flexibility index (Phi) is 27.4. The standard InChI is InChI=1S/C34H68NO9P/c1-6-8-10-12-14-16-17-19-20-22-24-26-32(36)41-30-31(34(38)44-45(39,40)42-29-28-35(3,4)5)43-33(37)27-25-23-21-18-15-13-11-9-7-2/h31,34,38H,6-30H2,1-5H3/p+1/t31-,34-/m1/s1. The van der Waals surface area contributed by atoms with Gasteiger partial charge >= 0.3 is 19.8 Å². The molecule has 45 heavy (non-hydrogen) atoms. The Morgan fingerprint density at radius 3 is 1.49 bits per heavy atom. The molecule has 0 aliphatic carbocycles. The Labute approximate surface area is 275 Å². The van der Waals surface area contributed by atoms with E-state index in [0.717, 1.165) is 38.5 Å². The number of hydrogen-bond donors (Lipinski definition) is 2. The lowest BCUT2D eigenvalue weighted by atomic mass is 10.1. The predicted octanol–water partition coefficient (Wildman–Crippen LogP) is 8.22. The summed E-state index contributed by atoms with van der Waals surface area (Å²) in [6.07, 6.45) is 19.5. The number of carbonyl (C=O) groups is 2. The van der Waals surface area contributed by atoms with Crippen LogP contribution < -0.4 is 0 Å². The van der Waals surface area contributed by atoms with Crippen LogP contribution in [0.3, 0.4) is 0 Å². The first kappa shape index (κ1) is 44.0. The summed E-state index contributed by atoms with van der Waals surface area (Å²) in [6, 6.07) is 0. The summed E-state index contributed by atoms with van der Waals surface area (Å²) in [6.45, 7) is 4.28. The maximum absolute atomic E-state index is 12.5. The van der Waals surface area contributed by atoms with Crippen LogP contribution in [0.15, 0.2) is 0 Å². The van der Waals surface area contributed by atoms with Crippen LogP contribution in [0.2, 0.25) is 0 Å². The van der Waals surface area contributed by atoms with Gasteiger partial charge in [0.1, 0.15) is 19.8 Å². The number of carbonyl (C=O) groups excluding carboxylic acids is 2. The normalized spacial score (nSPS) is 14.6. The third kappa shape index (κ3) is 30.1. The van der Waals surface area contributed by atoms with Gasteiger partial charge in [-0.05, 0) is 12.8 Å². The molecule has 10 nitrogen and oxygen atoms in total. The number of esters is 2. The maximum Gasteiger partial charge on any atom is 0.474 e. The number of unbranched alkanes of at least 4 members (excludes halogenated alkanes) is 18. The number of phosphoric acid groups is 1. The third-order valence-corrected chi connectivity index (χ3v) is 8.73. The first-order valence-electron chi connectivity index (χ1n) is 17.9. The van der Waals surface area contributed by atoms with E-state index in [1.54, 1.807) is 0 Å². The smallest absolute Gasteiger partial charge is 0.462 e. The monoisotopic (exact) mass is 666 g/mol. The molecule has 0 aliphatic rings. The summed E-state index contributed by atoms with van der Waals surface area (Å²) in [7, 11) is 1.04. The van der Waals surface area contributed by atoms with Gasteiger partial charge in [-0.25, -0.2) is 4.57 Å². The number of ether oxygens (including phenoxy) is 2. The van der Waals surface area contributed by atoms with E-state index >= 15 is 0 Å². The Morgan fingerprint density at radius 1 is 0.667 bits per heavy atom. The Bertz CT molecular complexity index is 775. The van der Waals surface area contributed by atoms with Gasteiger partial charge in [0.15, 0.2) is 6.10 Å². The van der Waals surface area contributed by atoms with Gasteiger partial charge in [0.05, 0.1) is 21.1 Å². The van der Waals surface area contributed by atoms with Crippen molar-refractivity contribution in [2.75, 3.05) is 40.9 Å². The van der Waals surface area contributed by atoms with E-state index in [2.05, 4.69) is 13.8 Å². The van der Waals surface area contributed by atoms with Gasteiger partial charge in [-0.1, -0.05) is 129 Å². The molecular weight excluding hydrogens is 597 g/mol. The molecule has 11 heteroatoms. The summed E-state index contributed by atoms with van der Waals surface area (Å²) in [5.41, 5.74) is 0. The number of aliphatic hydroxyl groups is 1. The second kappa shape index (κ2) is 28.0. The molecule has 0 heterocycles. The lowest BCUT2D eigenvalue weighted by Crippen LogP contribution is -2.38. The fourth-order valence-electron chi connectivity index (χ4n) is 4.83. The first-order valence-corrected chi connectivity index (χ1v) is 19.4. The van der Waals surface area contributed by atoms with Crippen molar-refractivity contribution in [3.05, 3.63) is 0 Å². The van der Waals surface area contributed by atoms with Crippen molar-refractivity contribution in [2.45, 2.75) is 167 Å². The number of phosphoric ester groups is 1. The lowest BCUT2D eigenvalue weighted by Gasteiger charge is -2.26. The van der Waals surface area contributed by atoms with E-state index in [9.17, 15) is 24.2 Å². The van der Waals surface area contributed by atoms with Crippen LogP contribution in [-0.2, 0) is 32.7 Å². The van der Waals surface area contributed by atoms with Gasteiger partial charge in [-0.2, -0.15) is 0 Å². The summed E-state index contributed by atoms with van der Waals surface area (Å²) in [5.74, 6) is -1.07. The highest BCUT2D eigenvalue weighted by Gasteiger charge is 2.34. The minimum Gasteiger partial charge on any atom is -0.462 e. The van der Waals surface area contributed by atoms with Crippen molar-refractivity contribution in [2.24, 2.45) is 0 Å². The van der Waals surface area contributed by atoms with E-state index in [1.807, 2.05) is 21.1 Å². The molecule has 2 N–H and O–H groups in total. The molecule has 0 radical (unpaired) electrons. The molecule has 0 saturated heterocycles. The largest absolute Gasteiger partial charge is 0.474 e. The number of quaternary nitrogens is 1. The van der Waals surface area contributed by atoms with Crippen LogP contribution in [0.5, 0.6) is 0 Å². The maximum atomic E-state index is 12.5. The zero-order valence-electron chi connectivity index (χ0n) is 29.5. The average Bonchev–Trinajstić information content (AvgIpc) is 2.96.